The van der Waals surface area contributed by atoms with E-state index in [1.807, 2.05) is 0 Å². The number of ketones is 1. The van der Waals surface area contributed by atoms with Crippen LogP contribution in [0.25, 0.3) is 6.08 Å². The quantitative estimate of drug-likeness (QED) is 0.0363. The first-order chi connectivity index (χ1) is 26.5. The first-order valence-corrected chi connectivity index (χ1v) is 18.5. The predicted octanol–water partition coefficient (Wildman–Crippen LogP) is 0.306. The zero-order valence-corrected chi connectivity index (χ0v) is 36.1. The van der Waals surface area contributed by atoms with Crippen molar-refractivity contribution in [3.8, 4) is 0 Å². The van der Waals surface area contributed by atoms with Crippen LogP contribution in [0.1, 0.15) is 15.9 Å². The molecule has 0 radical (unpaired) electrons. The second-order valence-corrected chi connectivity index (χ2v) is 14.4. The monoisotopic (exact) mass is 839 g/mol. The molecule has 11 N–H and O–H groups in total. The number of nitrogen functional groups attached to an aromatic ring is 5. The van der Waals surface area contributed by atoms with Gasteiger partial charge in [0.25, 0.3) is 0 Å². The number of rotatable bonds is 10. The number of allylic oxidation sites excluding steroid dienone is 1. The summed E-state index contributed by atoms with van der Waals surface area (Å²) in [4.78, 5) is 11.6. The minimum atomic E-state index is -5.41. The average molecular weight is 840 g/mol. The van der Waals surface area contributed by atoms with Gasteiger partial charge in [0.1, 0.15) is 43.0 Å². The Morgan fingerprint density at radius 1 is 0.569 bits per heavy atom. The van der Waals surface area contributed by atoms with Gasteiger partial charge in [-0.05, 0) is 103 Å². The molecule has 5 aromatic rings. The number of nitrogens with zero attached hydrogens (tertiary/aromatic N) is 7. The Labute approximate surface area is 374 Å². The maximum atomic E-state index is 13.8. The summed E-state index contributed by atoms with van der Waals surface area (Å²) in [6, 6.07) is 21.9. The van der Waals surface area contributed by atoms with Gasteiger partial charge in [-0.3, -0.25) is 10.2 Å². The van der Waals surface area contributed by atoms with Gasteiger partial charge in [-0.15, -0.1) is 15.3 Å². The minimum Gasteiger partial charge on any atom is -0.744 e. The van der Waals surface area contributed by atoms with Crippen LogP contribution >= 0.6 is 0 Å². The molecule has 0 atom stereocenters. The average Bonchev–Trinajstić information content (AvgIpc) is 3.13. The zero-order valence-electron chi connectivity index (χ0n) is 30.4. The number of anilines is 6. The first kappa shape index (κ1) is 45.3. The summed E-state index contributed by atoms with van der Waals surface area (Å²) in [5, 5.41) is 28.0. The van der Waals surface area contributed by atoms with E-state index in [4.69, 9.17) is 28.7 Å². The predicted molar refractivity (Wildman–Crippen MR) is 208 cm³/mol. The Hall–Kier alpha value is -5.40. The third kappa shape index (κ3) is 10.6. The number of nitrogens with one attached hydrogen (secondary N) is 1. The topological polar surface area (TPSA) is 360 Å². The van der Waals surface area contributed by atoms with E-state index in [0.29, 0.717) is 57.6 Å². The van der Waals surface area contributed by atoms with Gasteiger partial charge in [-0.25, -0.2) is 16.8 Å². The Morgan fingerprint density at radius 2 is 1.03 bits per heavy atom. The molecule has 0 spiro atoms. The molecule has 58 heavy (non-hydrogen) atoms. The van der Waals surface area contributed by atoms with E-state index < -0.39 is 64.0 Å². The maximum absolute atomic E-state index is 13.8. The number of hydrogen-bond acceptors (Lipinski definition) is 20. The molecule has 0 fully saturated rings. The largest absolute Gasteiger partial charge is 1.00 e. The fourth-order valence-electron chi connectivity index (χ4n) is 5.05. The summed E-state index contributed by atoms with van der Waals surface area (Å²) >= 11 is 0. The second kappa shape index (κ2) is 18.5. The molecular weight excluding hydrogens is 813 g/mol. The Kier molecular flexibility index (Phi) is 14.4. The van der Waals surface area contributed by atoms with Crippen molar-refractivity contribution in [3.05, 3.63) is 107 Å². The molecule has 0 amide bonds. The van der Waals surface area contributed by atoms with E-state index in [1.54, 1.807) is 24.3 Å². The van der Waals surface area contributed by atoms with Crippen LogP contribution in [0.5, 0.6) is 0 Å². The summed E-state index contributed by atoms with van der Waals surface area (Å²) in [5.74, 6) is -1.20. The summed E-state index contributed by atoms with van der Waals surface area (Å²) < 4.78 is 73.9. The van der Waals surface area contributed by atoms with Crippen molar-refractivity contribution >= 4 is 106 Å². The van der Waals surface area contributed by atoms with Gasteiger partial charge >= 0.3 is 59.1 Å². The van der Waals surface area contributed by atoms with Crippen LogP contribution in [0.2, 0.25) is 0 Å². The molecule has 0 saturated carbocycles. The van der Waals surface area contributed by atoms with E-state index in [2.05, 4.69) is 41.2 Å². The third-order valence-corrected chi connectivity index (χ3v) is 9.46. The third-order valence-electron chi connectivity index (χ3n) is 7.76. The molecule has 0 heterocycles. The van der Waals surface area contributed by atoms with Crippen LogP contribution in [-0.2, 0) is 20.2 Å². The van der Waals surface area contributed by atoms with Gasteiger partial charge in [0.15, 0.2) is 0 Å². The molecule has 0 unspecified atom stereocenters. The van der Waals surface area contributed by atoms with Gasteiger partial charge < -0.3 is 37.8 Å². The number of benzene rings is 5. The fraction of sp³-hybridized carbons (Fsp3) is 0. The molecule has 5 aromatic carbocycles. The van der Waals surface area contributed by atoms with Gasteiger partial charge in [0.2, 0.25) is 5.78 Å². The van der Waals surface area contributed by atoms with Crippen molar-refractivity contribution in [1.82, 2.24) is 0 Å². The van der Waals surface area contributed by atoms with Crippen LogP contribution < -0.4 is 93.2 Å². The summed E-state index contributed by atoms with van der Waals surface area (Å²) in [6.45, 7) is 0. The molecule has 1 aliphatic rings. The second-order valence-electron chi connectivity index (χ2n) is 11.7. The zero-order chi connectivity index (χ0) is 40.4. The van der Waals surface area contributed by atoms with Crippen LogP contribution in [-0.4, -0.2) is 37.4 Å². The van der Waals surface area contributed by atoms with Crippen molar-refractivity contribution in [2.75, 3.05) is 34.1 Å². The molecule has 0 aliphatic heterocycles. The maximum Gasteiger partial charge on any atom is 1.00 e. The van der Waals surface area contributed by atoms with Crippen molar-refractivity contribution in [2.45, 2.75) is 4.90 Å². The molecule has 6 rings (SSSR count). The van der Waals surface area contributed by atoms with Crippen molar-refractivity contribution in [2.24, 2.45) is 35.8 Å². The summed E-state index contributed by atoms with van der Waals surface area (Å²) in [6.07, 6.45) is 0.684. The van der Waals surface area contributed by atoms with Crippen molar-refractivity contribution in [3.63, 3.8) is 0 Å². The number of nitrogens with two attached hydrogens (primary N) is 5. The van der Waals surface area contributed by atoms with Gasteiger partial charge in [0, 0.05) is 11.4 Å². The van der Waals surface area contributed by atoms with Crippen LogP contribution in [0.15, 0.2) is 137 Å². The number of azo groups is 3. The van der Waals surface area contributed by atoms with E-state index in [9.17, 15) is 30.7 Å². The molecule has 0 aromatic heterocycles. The van der Waals surface area contributed by atoms with E-state index >= 15 is 0 Å². The first-order valence-electron chi connectivity index (χ1n) is 15.7. The molecule has 0 bridgehead atoms. The Bertz CT molecular complexity index is 2800. The minimum absolute atomic E-state index is 0. The van der Waals surface area contributed by atoms with E-state index in [0.717, 1.165) is 0 Å². The number of Topliss-reactive ketones (excluding diaryl/α,β-unsaturated/α-hetero) is 1. The number of hydrogen-bond donors (Lipinski definition) is 6. The van der Waals surface area contributed by atoms with Crippen LogP contribution in [0, 0.1) is 0 Å². The molecular formula is C34H27N13Na2O7S2. The smallest absolute Gasteiger partial charge is 0.744 e. The fourth-order valence-corrected chi connectivity index (χ4v) is 6.36. The Balaban J connectivity index is 0.00000372. The van der Waals surface area contributed by atoms with Crippen LogP contribution in [0.4, 0.5) is 68.2 Å². The van der Waals surface area contributed by atoms with E-state index in [-0.39, 0.29) is 70.5 Å². The number of hydrazone groups is 1. The number of carbonyl (C=O) groups excluding carboxylic acids is 1. The molecule has 20 nitrogen and oxygen atoms in total. The Morgan fingerprint density at radius 3 is 1.48 bits per heavy atom. The summed E-state index contributed by atoms with van der Waals surface area (Å²) in [7, 11) is -10.8. The van der Waals surface area contributed by atoms with Crippen LogP contribution in [0.3, 0.4) is 0 Å². The van der Waals surface area contributed by atoms with Gasteiger partial charge in [-0.2, -0.15) is 20.4 Å². The SMILES string of the molecule is Nc1ccc(N=Nc2ccc(N=Nc3c(S(=O)(=O)[O-])cc4c(c3N)C(=O)C(=NNc3ccc(N=Nc5ccc(N)cc5N)cc3)C(S(=O)(=O)[O-])=C4)cc2)c(N)c1.[Na+].[Na+]. The summed E-state index contributed by atoms with van der Waals surface area (Å²) in [5.41, 5.74) is 32.1. The van der Waals surface area contributed by atoms with Gasteiger partial charge in [0.05, 0.1) is 55.2 Å². The molecule has 1 aliphatic carbocycles. The van der Waals surface area contributed by atoms with E-state index in [1.165, 1.54) is 60.7 Å². The van der Waals surface area contributed by atoms with Crippen molar-refractivity contribution in [1.29, 1.82) is 0 Å². The molecule has 284 valence electrons. The number of fused-ring (bicyclic) bond motifs is 1. The molecule has 24 heteroatoms. The molecule has 0 saturated heterocycles. The number of carbonyl (C=O) groups is 1. The standard InChI is InChI=1S/C34H29N13O7S2.2Na/c35-18-1-11-26(24(37)15-18)44-40-20-3-7-22(8-4-20)42-46-32-28(55(49,50)51)13-17-14-29(56(52,53)54)33(34(48)30(17)31(32)39)47-43-23-9-5-21(6-10-23)41-45-27-12-2-19(36)16-25(27)38;;/h1-16,43H,35-39H2,(H,49,50,51)(H,52,53,54);;/q;2*+1/p-2. The van der Waals surface area contributed by atoms with Gasteiger partial charge in [-0.1, -0.05) is 0 Å². The normalized spacial score (nSPS) is 13.7. The van der Waals surface area contributed by atoms with Crippen molar-refractivity contribution < 1.29 is 89.9 Å².